The molecular weight excluding hydrogens is 349 g/mol. The van der Waals surface area contributed by atoms with Gasteiger partial charge in [-0.3, -0.25) is 10.1 Å². The summed E-state index contributed by atoms with van der Waals surface area (Å²) in [5.41, 5.74) is 1.06. The lowest BCUT2D eigenvalue weighted by Crippen LogP contribution is -2.36. The fourth-order valence-corrected chi connectivity index (χ4v) is 2.71. The van der Waals surface area contributed by atoms with E-state index >= 15 is 0 Å². The number of methoxy groups -OCH3 is 1. The van der Waals surface area contributed by atoms with Gasteiger partial charge in [-0.2, -0.15) is 0 Å². The Hall–Kier alpha value is -2.93. The van der Waals surface area contributed by atoms with Crippen LogP contribution in [0.4, 0.5) is 10.1 Å². The summed E-state index contributed by atoms with van der Waals surface area (Å²) in [6, 6.07) is 12.7. The van der Waals surface area contributed by atoms with Crippen molar-refractivity contribution in [2.45, 2.75) is 18.9 Å². The summed E-state index contributed by atoms with van der Waals surface area (Å²) in [7, 11) is 1.54. The largest absolute Gasteiger partial charge is 0.497 e. The summed E-state index contributed by atoms with van der Waals surface area (Å²) in [5.74, 6) is 0.213. The second-order valence-corrected chi connectivity index (χ2v) is 6.14. The molecule has 0 aromatic heterocycles. The maximum absolute atomic E-state index is 13.1. The number of rotatable bonds is 5. The van der Waals surface area contributed by atoms with Crippen LogP contribution in [0.25, 0.3) is 0 Å². The third-order valence-electron chi connectivity index (χ3n) is 4.15. The molecule has 1 aliphatic rings. The van der Waals surface area contributed by atoms with Gasteiger partial charge in [-0.25, -0.2) is 9.38 Å². The van der Waals surface area contributed by atoms with E-state index in [9.17, 15) is 9.18 Å². The number of carbonyl (C=O) groups is 1. The molecule has 0 spiro atoms. The molecule has 0 radical (unpaired) electrons. The second kappa shape index (κ2) is 9.14. The van der Waals surface area contributed by atoms with Gasteiger partial charge in [0.25, 0.3) is 5.91 Å². The first-order chi connectivity index (χ1) is 13.1. The molecule has 142 valence electrons. The highest BCUT2D eigenvalue weighted by molar-refractivity contribution is 6.10. The van der Waals surface area contributed by atoms with Crippen LogP contribution in [0, 0.1) is 5.82 Å². The van der Waals surface area contributed by atoms with Crippen molar-refractivity contribution in [3.8, 4) is 5.75 Å². The van der Waals surface area contributed by atoms with E-state index in [-0.39, 0.29) is 23.8 Å². The summed E-state index contributed by atoms with van der Waals surface area (Å²) in [6.45, 7) is 1.17. The molecule has 0 bridgehead atoms. The minimum absolute atomic E-state index is 0.0451. The molecule has 1 fully saturated rings. The van der Waals surface area contributed by atoms with Gasteiger partial charge >= 0.3 is 0 Å². The molecule has 2 N–H and O–H groups in total. The van der Waals surface area contributed by atoms with Gasteiger partial charge < -0.3 is 14.8 Å². The van der Waals surface area contributed by atoms with Crippen molar-refractivity contribution in [3.63, 3.8) is 0 Å². The van der Waals surface area contributed by atoms with Crippen LogP contribution in [-0.2, 0) is 4.74 Å². The first kappa shape index (κ1) is 18.8. The van der Waals surface area contributed by atoms with Crippen molar-refractivity contribution < 1.29 is 18.7 Å². The molecule has 0 unspecified atom stereocenters. The van der Waals surface area contributed by atoms with Gasteiger partial charge in [-0.15, -0.1) is 0 Å². The SMILES string of the molecule is COc1cccc(C(=O)NC(=NC[C@H]2CCCO2)Nc2ccc(F)cc2)c1. The molecule has 3 rings (SSSR count). The zero-order valence-corrected chi connectivity index (χ0v) is 15.1. The van der Waals surface area contributed by atoms with Gasteiger partial charge in [-0.1, -0.05) is 6.07 Å². The monoisotopic (exact) mass is 371 g/mol. The van der Waals surface area contributed by atoms with E-state index in [0.717, 1.165) is 19.4 Å². The molecule has 1 atom stereocenters. The van der Waals surface area contributed by atoms with Crippen LogP contribution in [0.5, 0.6) is 5.75 Å². The number of aliphatic imine (C=N–C) groups is 1. The van der Waals surface area contributed by atoms with Gasteiger partial charge in [-0.05, 0) is 55.3 Å². The van der Waals surface area contributed by atoms with Crippen LogP contribution < -0.4 is 15.4 Å². The molecule has 2 aromatic carbocycles. The minimum atomic E-state index is -0.334. The second-order valence-electron chi connectivity index (χ2n) is 6.14. The third-order valence-corrected chi connectivity index (χ3v) is 4.15. The number of amides is 1. The number of carbonyl (C=O) groups excluding carboxylic acids is 1. The van der Waals surface area contributed by atoms with Crippen molar-refractivity contribution in [3.05, 3.63) is 59.9 Å². The van der Waals surface area contributed by atoms with Crippen LogP contribution in [0.3, 0.4) is 0 Å². The van der Waals surface area contributed by atoms with Crippen molar-refractivity contribution in [2.24, 2.45) is 4.99 Å². The third kappa shape index (κ3) is 5.52. The zero-order valence-electron chi connectivity index (χ0n) is 15.1. The molecule has 1 aliphatic heterocycles. The average Bonchev–Trinajstić information content (AvgIpc) is 3.21. The van der Waals surface area contributed by atoms with Crippen molar-refractivity contribution in [1.82, 2.24) is 5.32 Å². The Morgan fingerprint density at radius 2 is 2.11 bits per heavy atom. The highest BCUT2D eigenvalue weighted by Crippen LogP contribution is 2.14. The van der Waals surface area contributed by atoms with Gasteiger partial charge in [0.1, 0.15) is 11.6 Å². The Morgan fingerprint density at radius 3 is 2.81 bits per heavy atom. The molecular formula is C20H22FN3O3. The maximum Gasteiger partial charge on any atom is 0.258 e. The van der Waals surface area contributed by atoms with E-state index in [1.807, 2.05) is 0 Å². The first-order valence-corrected chi connectivity index (χ1v) is 8.78. The van der Waals surface area contributed by atoms with Crippen LogP contribution in [0.15, 0.2) is 53.5 Å². The Morgan fingerprint density at radius 1 is 1.30 bits per heavy atom. The first-order valence-electron chi connectivity index (χ1n) is 8.78. The van der Waals surface area contributed by atoms with Gasteiger partial charge in [0.05, 0.1) is 19.8 Å². The van der Waals surface area contributed by atoms with E-state index in [0.29, 0.717) is 23.5 Å². The summed E-state index contributed by atoms with van der Waals surface area (Å²) in [4.78, 5) is 17.0. The normalized spacial score (nSPS) is 16.8. The molecule has 6 nitrogen and oxygen atoms in total. The van der Waals surface area contributed by atoms with E-state index in [1.54, 1.807) is 43.5 Å². The number of guanidine groups is 1. The predicted molar refractivity (Wildman–Crippen MR) is 102 cm³/mol. The lowest BCUT2D eigenvalue weighted by atomic mass is 10.2. The quantitative estimate of drug-likeness (QED) is 0.625. The molecule has 0 aliphatic carbocycles. The predicted octanol–water partition coefficient (Wildman–Crippen LogP) is 3.21. The average molecular weight is 371 g/mol. The molecule has 1 amide bonds. The number of ether oxygens (including phenoxy) is 2. The number of hydrogen-bond donors (Lipinski definition) is 2. The fourth-order valence-electron chi connectivity index (χ4n) is 2.71. The van der Waals surface area contributed by atoms with Gasteiger partial charge in [0.2, 0.25) is 5.96 Å². The highest BCUT2D eigenvalue weighted by atomic mass is 19.1. The number of anilines is 1. The lowest BCUT2D eigenvalue weighted by Gasteiger charge is -2.13. The lowest BCUT2D eigenvalue weighted by molar-refractivity contribution is 0.0975. The Labute approximate surface area is 157 Å². The molecule has 1 saturated heterocycles. The zero-order chi connectivity index (χ0) is 19.1. The van der Waals surface area contributed by atoms with Crippen molar-refractivity contribution >= 4 is 17.6 Å². The summed E-state index contributed by atoms with van der Waals surface area (Å²) < 4.78 is 23.9. The summed E-state index contributed by atoms with van der Waals surface area (Å²) in [6.07, 6.45) is 2.00. The van der Waals surface area contributed by atoms with E-state index in [1.165, 1.54) is 12.1 Å². The highest BCUT2D eigenvalue weighted by Gasteiger charge is 2.16. The van der Waals surface area contributed by atoms with Crippen LogP contribution in [0.1, 0.15) is 23.2 Å². The fraction of sp³-hybridized carbons (Fsp3) is 0.300. The number of benzene rings is 2. The van der Waals surface area contributed by atoms with Gasteiger partial charge in [0, 0.05) is 17.9 Å². The molecule has 27 heavy (non-hydrogen) atoms. The van der Waals surface area contributed by atoms with Gasteiger partial charge in [0.15, 0.2) is 0 Å². The molecule has 7 heteroatoms. The summed E-state index contributed by atoms with van der Waals surface area (Å²) >= 11 is 0. The van der Waals surface area contributed by atoms with Crippen LogP contribution in [0.2, 0.25) is 0 Å². The Kier molecular flexibility index (Phi) is 6.38. The van der Waals surface area contributed by atoms with E-state index in [4.69, 9.17) is 9.47 Å². The smallest absolute Gasteiger partial charge is 0.258 e. The molecule has 0 saturated carbocycles. The topological polar surface area (TPSA) is 72.0 Å². The number of halogens is 1. The summed E-state index contributed by atoms with van der Waals surface area (Å²) in [5, 5.41) is 5.79. The molecule has 1 heterocycles. The van der Waals surface area contributed by atoms with E-state index < -0.39 is 0 Å². The van der Waals surface area contributed by atoms with Crippen LogP contribution >= 0.6 is 0 Å². The van der Waals surface area contributed by atoms with Crippen molar-refractivity contribution in [1.29, 1.82) is 0 Å². The molecule has 2 aromatic rings. The Balaban J connectivity index is 1.74. The Bertz CT molecular complexity index is 802. The number of nitrogens with one attached hydrogen (secondary N) is 2. The minimum Gasteiger partial charge on any atom is -0.497 e. The van der Waals surface area contributed by atoms with Crippen molar-refractivity contribution in [2.75, 3.05) is 25.6 Å². The maximum atomic E-state index is 13.1. The number of hydrogen-bond acceptors (Lipinski definition) is 4. The van der Waals surface area contributed by atoms with Crippen LogP contribution in [-0.4, -0.2) is 38.2 Å². The van der Waals surface area contributed by atoms with E-state index in [2.05, 4.69) is 15.6 Å². The number of nitrogens with zero attached hydrogens (tertiary/aromatic N) is 1. The standard InChI is InChI=1S/C20H22FN3O3/c1-26-17-5-2-4-14(12-17)19(25)24-20(22-13-18-6-3-11-27-18)23-16-9-7-15(21)8-10-16/h2,4-5,7-10,12,18H,3,6,11,13H2,1H3,(H2,22,23,24,25)/t18-/m1/s1.